The standard InChI is InChI=1S/C19H25N3O4S2/c1-13-8-9-14(28(24,25)20-10-11-26-2)12-15(13)18(23)22-19-21-16-6-4-3-5-7-17(16)27-19/h8-9,12,20H,3-7,10-11H2,1-2H3,(H,21,22,23). The van der Waals surface area contributed by atoms with Gasteiger partial charge in [0, 0.05) is 24.1 Å². The van der Waals surface area contributed by atoms with E-state index in [1.165, 1.54) is 41.9 Å². The summed E-state index contributed by atoms with van der Waals surface area (Å²) in [6.45, 7) is 2.22. The zero-order chi connectivity index (χ0) is 20.1. The molecule has 0 spiro atoms. The van der Waals surface area contributed by atoms with E-state index in [1.807, 2.05) is 0 Å². The number of methoxy groups -OCH3 is 1. The Kier molecular flexibility index (Phi) is 6.82. The van der Waals surface area contributed by atoms with Crippen molar-refractivity contribution in [2.45, 2.75) is 43.9 Å². The second kappa shape index (κ2) is 9.13. The lowest BCUT2D eigenvalue weighted by atomic mass is 10.1. The van der Waals surface area contributed by atoms with Crippen LogP contribution in [-0.2, 0) is 27.6 Å². The van der Waals surface area contributed by atoms with Gasteiger partial charge in [-0.15, -0.1) is 11.3 Å². The van der Waals surface area contributed by atoms with E-state index in [2.05, 4.69) is 15.0 Å². The molecule has 0 bridgehead atoms. The van der Waals surface area contributed by atoms with Gasteiger partial charge in [0.05, 0.1) is 17.2 Å². The minimum absolute atomic E-state index is 0.0503. The molecule has 7 nitrogen and oxygen atoms in total. The highest BCUT2D eigenvalue weighted by molar-refractivity contribution is 7.89. The van der Waals surface area contributed by atoms with Crippen LogP contribution in [0.4, 0.5) is 5.13 Å². The lowest BCUT2D eigenvalue weighted by Crippen LogP contribution is -2.27. The number of sulfonamides is 1. The summed E-state index contributed by atoms with van der Waals surface area (Å²) >= 11 is 1.51. The molecular weight excluding hydrogens is 398 g/mol. The highest BCUT2D eigenvalue weighted by Gasteiger charge is 2.20. The molecule has 3 rings (SSSR count). The van der Waals surface area contributed by atoms with Crippen LogP contribution in [0.1, 0.15) is 45.8 Å². The predicted molar refractivity (Wildman–Crippen MR) is 110 cm³/mol. The number of anilines is 1. The summed E-state index contributed by atoms with van der Waals surface area (Å²) in [6.07, 6.45) is 5.44. The Morgan fingerprint density at radius 2 is 2.04 bits per heavy atom. The van der Waals surface area contributed by atoms with Crippen LogP contribution in [0.25, 0.3) is 0 Å². The highest BCUT2D eigenvalue weighted by Crippen LogP contribution is 2.29. The van der Waals surface area contributed by atoms with Crippen LogP contribution in [0.2, 0.25) is 0 Å². The van der Waals surface area contributed by atoms with E-state index < -0.39 is 10.0 Å². The Morgan fingerprint density at radius 1 is 1.25 bits per heavy atom. The van der Waals surface area contributed by atoms with Crippen LogP contribution in [0.3, 0.4) is 0 Å². The number of hydrogen-bond donors (Lipinski definition) is 2. The minimum atomic E-state index is -3.71. The number of ether oxygens (including phenoxy) is 1. The second-order valence-corrected chi connectivity index (χ2v) is 9.62. The molecule has 0 unspecified atom stereocenters. The van der Waals surface area contributed by atoms with E-state index in [1.54, 1.807) is 13.0 Å². The smallest absolute Gasteiger partial charge is 0.257 e. The summed E-state index contributed by atoms with van der Waals surface area (Å²) in [5.41, 5.74) is 2.10. The first-order valence-electron chi connectivity index (χ1n) is 9.30. The van der Waals surface area contributed by atoms with Crippen molar-refractivity contribution < 1.29 is 17.9 Å². The van der Waals surface area contributed by atoms with Crippen LogP contribution in [0.5, 0.6) is 0 Å². The molecule has 1 amide bonds. The predicted octanol–water partition coefficient (Wildman–Crippen LogP) is 2.90. The molecule has 1 aromatic heterocycles. The number of rotatable bonds is 7. The minimum Gasteiger partial charge on any atom is -0.383 e. The second-order valence-electron chi connectivity index (χ2n) is 6.77. The number of amides is 1. The van der Waals surface area contributed by atoms with Gasteiger partial charge >= 0.3 is 0 Å². The van der Waals surface area contributed by atoms with Gasteiger partial charge in [-0.1, -0.05) is 12.5 Å². The van der Waals surface area contributed by atoms with E-state index >= 15 is 0 Å². The van der Waals surface area contributed by atoms with Gasteiger partial charge in [-0.25, -0.2) is 18.1 Å². The van der Waals surface area contributed by atoms with Gasteiger partial charge in [0.1, 0.15) is 0 Å². The van der Waals surface area contributed by atoms with Gasteiger partial charge < -0.3 is 4.74 Å². The van der Waals surface area contributed by atoms with Crippen LogP contribution in [0.15, 0.2) is 23.1 Å². The average molecular weight is 424 g/mol. The molecule has 0 radical (unpaired) electrons. The molecule has 1 aromatic carbocycles. The maximum Gasteiger partial charge on any atom is 0.257 e. The Hall–Kier alpha value is -1.81. The van der Waals surface area contributed by atoms with Crippen molar-refractivity contribution in [3.05, 3.63) is 39.9 Å². The number of aryl methyl sites for hydroxylation is 3. The quantitative estimate of drug-likeness (QED) is 0.527. The van der Waals surface area contributed by atoms with Crippen LogP contribution >= 0.6 is 11.3 Å². The topological polar surface area (TPSA) is 97.4 Å². The third-order valence-corrected chi connectivity index (χ3v) is 7.21. The fraction of sp³-hybridized carbons (Fsp3) is 0.474. The number of thiazole rings is 1. The van der Waals surface area contributed by atoms with Gasteiger partial charge in [-0.3, -0.25) is 10.1 Å². The third kappa shape index (κ3) is 4.96. The van der Waals surface area contributed by atoms with E-state index in [0.29, 0.717) is 16.3 Å². The number of nitrogens with zero attached hydrogens (tertiary/aromatic N) is 1. The van der Waals surface area contributed by atoms with Crippen molar-refractivity contribution >= 4 is 32.4 Å². The molecule has 0 atom stereocenters. The molecule has 1 heterocycles. The zero-order valence-corrected chi connectivity index (χ0v) is 17.7. The summed E-state index contributed by atoms with van der Waals surface area (Å²) < 4.78 is 32.1. The fourth-order valence-corrected chi connectivity index (χ4v) is 5.20. The molecule has 152 valence electrons. The Labute approximate surface area is 169 Å². The molecule has 0 saturated heterocycles. The number of carbonyl (C=O) groups is 1. The van der Waals surface area contributed by atoms with E-state index in [4.69, 9.17) is 4.74 Å². The molecule has 0 aliphatic heterocycles. The van der Waals surface area contributed by atoms with Gasteiger partial charge in [-0.2, -0.15) is 0 Å². The molecule has 0 fully saturated rings. The van der Waals surface area contributed by atoms with E-state index in [-0.39, 0.29) is 24.0 Å². The number of hydrogen-bond acceptors (Lipinski definition) is 6. The first-order valence-corrected chi connectivity index (χ1v) is 11.6. The van der Waals surface area contributed by atoms with Crippen molar-refractivity contribution in [2.24, 2.45) is 0 Å². The number of aromatic nitrogens is 1. The van der Waals surface area contributed by atoms with Crippen molar-refractivity contribution in [3.8, 4) is 0 Å². The SMILES string of the molecule is COCCNS(=O)(=O)c1ccc(C)c(C(=O)Nc2nc3c(s2)CCCCC3)c1. The Bertz CT molecular complexity index is 931. The Balaban J connectivity index is 1.78. The summed E-state index contributed by atoms with van der Waals surface area (Å²) in [5.74, 6) is -0.352. The maximum absolute atomic E-state index is 12.8. The molecule has 0 saturated carbocycles. The lowest BCUT2D eigenvalue weighted by Gasteiger charge is -2.10. The number of carbonyl (C=O) groups excluding carboxylic acids is 1. The largest absolute Gasteiger partial charge is 0.383 e. The highest BCUT2D eigenvalue weighted by atomic mass is 32.2. The van der Waals surface area contributed by atoms with Gasteiger partial charge in [0.15, 0.2) is 5.13 Å². The average Bonchev–Trinajstić information content (AvgIpc) is 2.90. The van der Waals surface area contributed by atoms with Crippen molar-refractivity contribution in [3.63, 3.8) is 0 Å². The molecule has 2 aromatic rings. The van der Waals surface area contributed by atoms with Gasteiger partial charge in [0.25, 0.3) is 5.91 Å². The van der Waals surface area contributed by atoms with Crippen molar-refractivity contribution in [2.75, 3.05) is 25.6 Å². The lowest BCUT2D eigenvalue weighted by molar-refractivity contribution is 0.102. The normalized spacial score (nSPS) is 14.4. The number of benzene rings is 1. The third-order valence-electron chi connectivity index (χ3n) is 4.68. The Morgan fingerprint density at radius 3 is 2.82 bits per heavy atom. The summed E-state index contributed by atoms with van der Waals surface area (Å²) in [5, 5.41) is 3.41. The first kappa shape index (κ1) is 20.9. The monoisotopic (exact) mass is 423 g/mol. The van der Waals surface area contributed by atoms with Crippen LogP contribution < -0.4 is 10.0 Å². The molecule has 1 aliphatic rings. The van der Waals surface area contributed by atoms with Crippen molar-refractivity contribution in [1.29, 1.82) is 0 Å². The molecule has 1 aliphatic carbocycles. The number of nitrogens with one attached hydrogen (secondary N) is 2. The van der Waals surface area contributed by atoms with Crippen LogP contribution in [0, 0.1) is 6.92 Å². The summed E-state index contributed by atoms with van der Waals surface area (Å²) in [6, 6.07) is 4.53. The van der Waals surface area contributed by atoms with Gasteiger partial charge in [-0.05, 0) is 50.3 Å². The molecule has 2 N–H and O–H groups in total. The van der Waals surface area contributed by atoms with E-state index in [9.17, 15) is 13.2 Å². The summed E-state index contributed by atoms with van der Waals surface area (Å²) in [7, 11) is -2.21. The molecule has 28 heavy (non-hydrogen) atoms. The van der Waals surface area contributed by atoms with E-state index in [0.717, 1.165) is 31.4 Å². The molecular formula is C19H25N3O4S2. The first-order chi connectivity index (χ1) is 13.4. The van der Waals surface area contributed by atoms with Crippen molar-refractivity contribution in [1.82, 2.24) is 9.71 Å². The van der Waals surface area contributed by atoms with Crippen LogP contribution in [-0.4, -0.2) is 39.6 Å². The fourth-order valence-electron chi connectivity index (χ4n) is 3.12. The maximum atomic E-state index is 12.8. The van der Waals surface area contributed by atoms with Gasteiger partial charge in [0.2, 0.25) is 10.0 Å². The zero-order valence-electron chi connectivity index (χ0n) is 16.1. The molecule has 9 heteroatoms. The number of fused-ring (bicyclic) bond motifs is 1. The summed E-state index contributed by atoms with van der Waals surface area (Å²) in [4.78, 5) is 18.6.